The number of likely N-dealkylation sites (tertiary alicyclic amines) is 1. The van der Waals surface area contributed by atoms with Crippen molar-refractivity contribution in [2.75, 3.05) is 13.1 Å². The van der Waals surface area contributed by atoms with Crippen molar-refractivity contribution < 1.29 is 8.42 Å². The number of nitrogens with zero attached hydrogens (tertiary/aromatic N) is 1. The monoisotopic (exact) mass is 312 g/mol. The molecule has 0 aromatic heterocycles. The van der Waals surface area contributed by atoms with Gasteiger partial charge in [-0.1, -0.05) is 24.6 Å². The highest BCUT2D eigenvalue weighted by Gasteiger charge is 2.22. The first kappa shape index (κ1) is 15.3. The van der Waals surface area contributed by atoms with Gasteiger partial charge < -0.3 is 4.90 Å². The van der Waals surface area contributed by atoms with Gasteiger partial charge in [0.15, 0.2) is 5.11 Å². The van der Waals surface area contributed by atoms with E-state index in [0.29, 0.717) is 11.0 Å². The minimum Gasteiger partial charge on any atom is -0.348 e. The minimum absolute atomic E-state index is 0.246. The van der Waals surface area contributed by atoms with E-state index in [4.69, 9.17) is 12.2 Å². The van der Waals surface area contributed by atoms with Crippen LogP contribution in [0.2, 0.25) is 0 Å². The molecule has 2 rings (SSSR count). The van der Waals surface area contributed by atoms with Gasteiger partial charge in [0.05, 0.1) is 4.90 Å². The molecule has 0 unspecified atom stereocenters. The molecule has 0 bridgehead atoms. The predicted octanol–water partition coefficient (Wildman–Crippen LogP) is 2.29. The van der Waals surface area contributed by atoms with Crippen LogP contribution in [0.15, 0.2) is 29.2 Å². The molecule has 1 aliphatic rings. The molecule has 1 aromatic rings. The van der Waals surface area contributed by atoms with Gasteiger partial charge in [-0.3, -0.25) is 4.72 Å². The molecule has 20 heavy (non-hydrogen) atoms. The van der Waals surface area contributed by atoms with Crippen LogP contribution < -0.4 is 4.72 Å². The Hall–Kier alpha value is -1.14. The highest BCUT2D eigenvalue weighted by molar-refractivity contribution is 7.91. The number of thiocarbonyl (C=S) groups is 1. The van der Waals surface area contributed by atoms with E-state index in [0.717, 1.165) is 31.5 Å². The van der Waals surface area contributed by atoms with E-state index in [2.05, 4.69) is 11.6 Å². The lowest BCUT2D eigenvalue weighted by Crippen LogP contribution is -2.45. The fourth-order valence-electron chi connectivity index (χ4n) is 2.17. The van der Waals surface area contributed by atoms with Gasteiger partial charge in [-0.05, 0) is 50.0 Å². The third kappa shape index (κ3) is 3.70. The van der Waals surface area contributed by atoms with Gasteiger partial charge in [0.1, 0.15) is 0 Å². The van der Waals surface area contributed by atoms with Crippen LogP contribution in [0.3, 0.4) is 0 Å². The Balaban J connectivity index is 2.04. The van der Waals surface area contributed by atoms with E-state index in [9.17, 15) is 8.42 Å². The molecule has 1 saturated heterocycles. The molecule has 0 saturated carbocycles. The molecule has 1 aliphatic heterocycles. The smallest absolute Gasteiger partial charge is 0.263 e. The highest BCUT2D eigenvalue weighted by Crippen LogP contribution is 2.17. The molecule has 1 heterocycles. The van der Waals surface area contributed by atoms with Crippen LogP contribution in [0.4, 0.5) is 0 Å². The standard InChI is InChI=1S/C14H20N2O2S2/c1-11-3-5-13(6-4-11)20(17,18)15-14(19)16-9-7-12(2)8-10-16/h3-6,12H,7-10H2,1-2H3,(H,15,19). The van der Waals surface area contributed by atoms with Crippen molar-refractivity contribution in [2.24, 2.45) is 5.92 Å². The second-order valence-electron chi connectivity index (χ2n) is 5.39. The summed E-state index contributed by atoms with van der Waals surface area (Å²) in [6.45, 7) is 5.76. The summed E-state index contributed by atoms with van der Waals surface area (Å²) in [7, 11) is -3.57. The van der Waals surface area contributed by atoms with Crippen molar-refractivity contribution >= 4 is 27.4 Å². The minimum atomic E-state index is -3.57. The number of sulfonamides is 1. The second-order valence-corrected chi connectivity index (χ2v) is 7.46. The van der Waals surface area contributed by atoms with Crippen molar-refractivity contribution in [1.82, 2.24) is 9.62 Å². The third-order valence-electron chi connectivity index (χ3n) is 3.62. The van der Waals surface area contributed by atoms with Crippen LogP contribution in [0.25, 0.3) is 0 Å². The number of rotatable bonds is 2. The summed E-state index contributed by atoms with van der Waals surface area (Å²) in [6.07, 6.45) is 2.10. The van der Waals surface area contributed by atoms with E-state index < -0.39 is 10.0 Å². The van der Waals surface area contributed by atoms with Gasteiger partial charge in [0, 0.05) is 13.1 Å². The Bertz CT molecular complexity index is 574. The number of hydrogen-bond donors (Lipinski definition) is 1. The van der Waals surface area contributed by atoms with E-state index in [1.807, 2.05) is 11.8 Å². The maximum atomic E-state index is 12.2. The average Bonchev–Trinajstić information content (AvgIpc) is 2.39. The summed E-state index contributed by atoms with van der Waals surface area (Å²) in [6, 6.07) is 6.75. The lowest BCUT2D eigenvalue weighted by molar-refractivity contribution is 0.280. The second kappa shape index (κ2) is 6.10. The van der Waals surface area contributed by atoms with E-state index >= 15 is 0 Å². The van der Waals surface area contributed by atoms with Crippen molar-refractivity contribution in [3.8, 4) is 0 Å². The van der Waals surface area contributed by atoms with Gasteiger partial charge in [-0.25, -0.2) is 8.42 Å². The number of benzene rings is 1. The summed E-state index contributed by atoms with van der Waals surface area (Å²) < 4.78 is 27.0. The Morgan fingerprint density at radius 1 is 1.25 bits per heavy atom. The SMILES string of the molecule is Cc1ccc(S(=O)(=O)NC(=S)N2CCC(C)CC2)cc1. The normalized spacial score (nSPS) is 17.0. The first-order valence-corrected chi connectivity index (χ1v) is 8.66. The van der Waals surface area contributed by atoms with Crippen molar-refractivity contribution in [3.63, 3.8) is 0 Å². The Morgan fingerprint density at radius 3 is 2.35 bits per heavy atom. The fraction of sp³-hybridized carbons (Fsp3) is 0.500. The Kier molecular flexibility index (Phi) is 4.65. The summed E-state index contributed by atoms with van der Waals surface area (Å²) in [5.74, 6) is 0.683. The molecule has 0 atom stereocenters. The lowest BCUT2D eigenvalue weighted by Gasteiger charge is -2.32. The zero-order valence-electron chi connectivity index (χ0n) is 11.8. The largest absolute Gasteiger partial charge is 0.348 e. The molecule has 1 aromatic carbocycles. The Labute approximate surface area is 126 Å². The Morgan fingerprint density at radius 2 is 1.80 bits per heavy atom. The van der Waals surface area contributed by atoms with E-state index in [1.54, 1.807) is 24.3 Å². The number of nitrogens with one attached hydrogen (secondary N) is 1. The molecular formula is C14H20N2O2S2. The first-order valence-electron chi connectivity index (χ1n) is 6.77. The molecule has 0 amide bonds. The van der Waals surface area contributed by atoms with Crippen molar-refractivity contribution in [3.05, 3.63) is 29.8 Å². The van der Waals surface area contributed by atoms with Gasteiger partial charge in [0.2, 0.25) is 0 Å². The molecule has 1 N–H and O–H groups in total. The van der Waals surface area contributed by atoms with Crippen molar-refractivity contribution in [1.29, 1.82) is 0 Å². The molecule has 0 radical (unpaired) electrons. The lowest BCUT2D eigenvalue weighted by atomic mass is 10.00. The number of piperidine rings is 1. The first-order chi connectivity index (χ1) is 9.38. The topological polar surface area (TPSA) is 49.4 Å². The van der Waals surface area contributed by atoms with Crippen LogP contribution in [0.1, 0.15) is 25.3 Å². The predicted molar refractivity (Wildman–Crippen MR) is 84.1 cm³/mol. The number of aryl methyl sites for hydroxylation is 1. The molecule has 0 spiro atoms. The average molecular weight is 312 g/mol. The summed E-state index contributed by atoms with van der Waals surface area (Å²) >= 11 is 5.22. The van der Waals surface area contributed by atoms with Gasteiger partial charge in [-0.2, -0.15) is 0 Å². The highest BCUT2D eigenvalue weighted by atomic mass is 32.2. The molecular weight excluding hydrogens is 292 g/mol. The quantitative estimate of drug-likeness (QED) is 0.851. The van der Waals surface area contributed by atoms with Gasteiger partial charge >= 0.3 is 0 Å². The maximum Gasteiger partial charge on any atom is 0.263 e. The van der Waals surface area contributed by atoms with E-state index in [-0.39, 0.29) is 4.90 Å². The fourth-order valence-corrected chi connectivity index (χ4v) is 3.65. The van der Waals surface area contributed by atoms with Crippen LogP contribution in [0.5, 0.6) is 0 Å². The van der Waals surface area contributed by atoms with Crippen molar-refractivity contribution in [2.45, 2.75) is 31.6 Å². The third-order valence-corrected chi connectivity index (χ3v) is 5.47. The van der Waals surface area contributed by atoms with Crippen LogP contribution in [-0.4, -0.2) is 31.5 Å². The molecule has 0 aliphatic carbocycles. The molecule has 110 valence electrons. The number of hydrogen-bond acceptors (Lipinski definition) is 3. The molecule has 1 fully saturated rings. The van der Waals surface area contributed by atoms with Crippen LogP contribution in [-0.2, 0) is 10.0 Å². The summed E-state index contributed by atoms with van der Waals surface area (Å²) in [5, 5.41) is 0.303. The van der Waals surface area contributed by atoms with Gasteiger partial charge in [0.25, 0.3) is 10.0 Å². The molecule has 6 heteroatoms. The zero-order chi connectivity index (χ0) is 14.8. The van der Waals surface area contributed by atoms with E-state index in [1.165, 1.54) is 0 Å². The summed E-state index contributed by atoms with van der Waals surface area (Å²) in [4.78, 5) is 2.18. The summed E-state index contributed by atoms with van der Waals surface area (Å²) in [5.41, 5.74) is 1.02. The molecule has 4 nitrogen and oxygen atoms in total. The van der Waals surface area contributed by atoms with Gasteiger partial charge in [-0.15, -0.1) is 0 Å². The zero-order valence-corrected chi connectivity index (χ0v) is 13.4. The maximum absolute atomic E-state index is 12.2. The van der Waals surface area contributed by atoms with Crippen LogP contribution >= 0.6 is 12.2 Å². The van der Waals surface area contributed by atoms with Crippen LogP contribution in [0, 0.1) is 12.8 Å².